The Kier molecular flexibility index (Phi) is 3.01. The maximum atomic E-state index is 12.6. The van der Waals surface area contributed by atoms with Crippen molar-refractivity contribution in [2.24, 2.45) is 23.5 Å². The van der Waals surface area contributed by atoms with Gasteiger partial charge in [-0.3, -0.25) is 0 Å². The number of alkyl halides is 3. The number of carbonyl (C=O) groups is 1. The summed E-state index contributed by atoms with van der Waals surface area (Å²) in [4.78, 5) is 11.8. The van der Waals surface area contributed by atoms with E-state index in [0.717, 1.165) is 12.8 Å². The van der Waals surface area contributed by atoms with Crippen molar-refractivity contribution in [3.8, 4) is 0 Å². The number of hydrogen-bond acceptors (Lipinski definition) is 3. The Balaban J connectivity index is 1.80. The average molecular weight is 303 g/mol. The first kappa shape index (κ1) is 14.9. The molecule has 0 spiro atoms. The molecule has 4 bridgehead atoms. The zero-order valence-corrected chi connectivity index (χ0v) is 12.0. The molecule has 0 heterocycles. The summed E-state index contributed by atoms with van der Waals surface area (Å²) in [6, 6.07) is 0. The second kappa shape index (κ2) is 4.24. The molecule has 3 nitrogen and oxygen atoms in total. The van der Waals surface area contributed by atoms with Gasteiger partial charge in [0.05, 0.1) is 0 Å². The Labute approximate surface area is 121 Å². The molecule has 6 heteroatoms. The standard InChI is InChI=1S/C15H20F3NO2/c1-8-11-3-10-4-13(6-11,7-14(8,19)5-10)21-12(20)9(2)15(16,17)18/h8,10-11H,2-7,19H2,1H3. The van der Waals surface area contributed by atoms with E-state index in [9.17, 15) is 18.0 Å². The van der Waals surface area contributed by atoms with Gasteiger partial charge in [0.2, 0.25) is 0 Å². The normalized spacial score (nSPS) is 44.7. The molecule has 5 unspecified atom stereocenters. The summed E-state index contributed by atoms with van der Waals surface area (Å²) in [6.07, 6.45) is -1.10. The molecule has 0 radical (unpaired) electrons. The number of ether oxygens (including phenoxy) is 1. The number of halogens is 3. The van der Waals surface area contributed by atoms with Gasteiger partial charge in [0, 0.05) is 12.0 Å². The largest absolute Gasteiger partial charge is 0.455 e. The van der Waals surface area contributed by atoms with Gasteiger partial charge in [-0.2, -0.15) is 13.2 Å². The Morgan fingerprint density at radius 3 is 2.57 bits per heavy atom. The molecule has 4 saturated carbocycles. The number of esters is 1. The second-order valence-electron chi connectivity index (χ2n) is 7.22. The fourth-order valence-electron chi connectivity index (χ4n) is 4.88. The third kappa shape index (κ3) is 2.28. The first-order chi connectivity index (χ1) is 9.55. The van der Waals surface area contributed by atoms with E-state index < -0.39 is 28.9 Å². The van der Waals surface area contributed by atoms with E-state index in [-0.39, 0.29) is 0 Å². The molecule has 4 aliphatic carbocycles. The molecule has 0 aromatic carbocycles. The predicted octanol–water partition coefficient (Wildman–Crippen LogP) is 2.94. The Hall–Kier alpha value is -1.04. The van der Waals surface area contributed by atoms with Crippen LogP contribution in [-0.2, 0) is 9.53 Å². The first-order valence-corrected chi connectivity index (χ1v) is 7.33. The number of nitrogens with two attached hydrogens (primary N) is 1. The summed E-state index contributed by atoms with van der Waals surface area (Å²) in [5.74, 6) is -0.332. The summed E-state index contributed by atoms with van der Waals surface area (Å²) in [7, 11) is 0. The van der Waals surface area contributed by atoms with Crippen LogP contribution in [0.1, 0.15) is 39.0 Å². The molecule has 4 aliphatic rings. The molecule has 4 rings (SSSR count). The van der Waals surface area contributed by atoms with E-state index in [2.05, 4.69) is 13.5 Å². The van der Waals surface area contributed by atoms with Gasteiger partial charge >= 0.3 is 12.1 Å². The highest BCUT2D eigenvalue weighted by Crippen LogP contribution is 2.60. The van der Waals surface area contributed by atoms with Crippen LogP contribution < -0.4 is 5.73 Å². The minimum atomic E-state index is -4.74. The van der Waals surface area contributed by atoms with E-state index >= 15 is 0 Å². The lowest BCUT2D eigenvalue weighted by molar-refractivity contribution is -0.200. The van der Waals surface area contributed by atoms with Gasteiger partial charge in [-0.15, -0.1) is 0 Å². The molecule has 21 heavy (non-hydrogen) atoms. The fourth-order valence-corrected chi connectivity index (χ4v) is 4.88. The molecule has 5 atom stereocenters. The van der Waals surface area contributed by atoms with Crippen molar-refractivity contribution in [3.63, 3.8) is 0 Å². The summed E-state index contributed by atoms with van der Waals surface area (Å²) in [6.45, 7) is 4.93. The van der Waals surface area contributed by atoms with E-state index in [1.165, 1.54) is 0 Å². The molecule has 0 aliphatic heterocycles. The summed E-state index contributed by atoms with van der Waals surface area (Å²) >= 11 is 0. The second-order valence-corrected chi connectivity index (χ2v) is 7.22. The highest BCUT2D eigenvalue weighted by molar-refractivity contribution is 5.89. The molecular weight excluding hydrogens is 283 g/mol. The van der Waals surface area contributed by atoms with Crippen LogP contribution in [0.2, 0.25) is 0 Å². The topological polar surface area (TPSA) is 52.3 Å². The maximum absolute atomic E-state index is 12.6. The summed E-state index contributed by atoms with van der Waals surface area (Å²) < 4.78 is 43.0. The third-order valence-corrected chi connectivity index (χ3v) is 5.76. The fraction of sp³-hybridized carbons (Fsp3) is 0.800. The van der Waals surface area contributed by atoms with Gasteiger partial charge in [0.1, 0.15) is 11.2 Å². The van der Waals surface area contributed by atoms with Crippen molar-refractivity contribution in [1.29, 1.82) is 0 Å². The van der Waals surface area contributed by atoms with Gasteiger partial charge in [-0.05, 0) is 43.4 Å². The first-order valence-electron chi connectivity index (χ1n) is 7.33. The average Bonchev–Trinajstić information content (AvgIpc) is 2.32. The molecule has 2 N–H and O–H groups in total. The van der Waals surface area contributed by atoms with E-state index in [0.29, 0.717) is 37.0 Å². The molecule has 4 fully saturated rings. The van der Waals surface area contributed by atoms with E-state index in [4.69, 9.17) is 10.5 Å². The van der Waals surface area contributed by atoms with Crippen molar-refractivity contribution in [1.82, 2.24) is 0 Å². The van der Waals surface area contributed by atoms with Crippen molar-refractivity contribution < 1.29 is 22.7 Å². The lowest BCUT2D eigenvalue weighted by Crippen LogP contribution is -2.68. The molecular formula is C15H20F3NO2. The van der Waals surface area contributed by atoms with Gasteiger partial charge in [-0.1, -0.05) is 13.5 Å². The van der Waals surface area contributed by atoms with Crippen LogP contribution in [0.5, 0.6) is 0 Å². The van der Waals surface area contributed by atoms with Crippen LogP contribution in [0.15, 0.2) is 12.2 Å². The van der Waals surface area contributed by atoms with Crippen LogP contribution in [0.4, 0.5) is 13.2 Å². The number of hydrogen-bond donors (Lipinski definition) is 1. The predicted molar refractivity (Wildman–Crippen MR) is 70.2 cm³/mol. The Bertz CT molecular complexity index is 504. The molecule has 0 aromatic rings. The lowest BCUT2D eigenvalue weighted by Gasteiger charge is -2.63. The quantitative estimate of drug-likeness (QED) is 0.630. The smallest absolute Gasteiger partial charge is 0.422 e. The van der Waals surface area contributed by atoms with Crippen LogP contribution in [0.25, 0.3) is 0 Å². The highest BCUT2D eigenvalue weighted by Gasteiger charge is 2.61. The molecule has 118 valence electrons. The van der Waals surface area contributed by atoms with Crippen LogP contribution >= 0.6 is 0 Å². The van der Waals surface area contributed by atoms with E-state index in [1.807, 2.05) is 0 Å². The van der Waals surface area contributed by atoms with Crippen molar-refractivity contribution in [3.05, 3.63) is 12.2 Å². The van der Waals surface area contributed by atoms with Gasteiger partial charge in [0.25, 0.3) is 0 Å². The number of carbonyl (C=O) groups excluding carboxylic acids is 1. The minimum Gasteiger partial charge on any atom is -0.455 e. The maximum Gasteiger partial charge on any atom is 0.422 e. The van der Waals surface area contributed by atoms with Gasteiger partial charge < -0.3 is 10.5 Å². The van der Waals surface area contributed by atoms with Gasteiger partial charge in [0.15, 0.2) is 0 Å². The monoisotopic (exact) mass is 303 g/mol. The van der Waals surface area contributed by atoms with Crippen molar-refractivity contribution >= 4 is 5.97 Å². The lowest BCUT2D eigenvalue weighted by atomic mass is 9.47. The highest BCUT2D eigenvalue weighted by atomic mass is 19.4. The number of rotatable bonds is 2. The minimum absolute atomic E-state index is 0.326. The SMILES string of the molecule is C=C(C(=O)OC12CC3CC(C1)C(C)C(N)(C3)C2)C(F)(F)F. The van der Waals surface area contributed by atoms with Crippen molar-refractivity contribution in [2.45, 2.75) is 56.3 Å². The van der Waals surface area contributed by atoms with Crippen LogP contribution in [-0.4, -0.2) is 23.3 Å². The zero-order valence-electron chi connectivity index (χ0n) is 12.0. The van der Waals surface area contributed by atoms with Gasteiger partial charge in [-0.25, -0.2) is 4.79 Å². The Morgan fingerprint density at radius 2 is 2.00 bits per heavy atom. The van der Waals surface area contributed by atoms with Crippen molar-refractivity contribution in [2.75, 3.05) is 0 Å². The summed E-state index contributed by atoms with van der Waals surface area (Å²) in [5.41, 5.74) is 3.78. The van der Waals surface area contributed by atoms with Crippen LogP contribution in [0.3, 0.4) is 0 Å². The molecule has 0 amide bonds. The molecule has 0 saturated heterocycles. The Morgan fingerprint density at radius 1 is 1.33 bits per heavy atom. The zero-order chi connectivity index (χ0) is 15.6. The summed E-state index contributed by atoms with van der Waals surface area (Å²) in [5, 5.41) is 0. The van der Waals surface area contributed by atoms with Crippen LogP contribution in [0, 0.1) is 17.8 Å². The third-order valence-electron chi connectivity index (χ3n) is 5.76. The molecule has 0 aromatic heterocycles. The van der Waals surface area contributed by atoms with E-state index in [1.54, 1.807) is 0 Å².